The lowest BCUT2D eigenvalue weighted by molar-refractivity contribution is -0.122. The maximum Gasteiger partial charge on any atom is 0.335 e. The van der Waals surface area contributed by atoms with Gasteiger partial charge in [-0.3, -0.25) is 9.69 Å². The Morgan fingerprint density at radius 3 is 2.69 bits per heavy atom. The maximum absolute atomic E-state index is 13.1. The molecule has 10 heteroatoms. The number of aromatic carboxylic acids is 1. The molecule has 1 saturated heterocycles. The number of benzene rings is 3. The number of amidine groups is 1. The van der Waals surface area contributed by atoms with Crippen LogP contribution in [-0.4, -0.2) is 33.6 Å². The Hall–Kier alpha value is -2.78. The molecule has 0 unspecified atom stereocenters. The van der Waals surface area contributed by atoms with Crippen molar-refractivity contribution >= 4 is 79.7 Å². The summed E-state index contributed by atoms with van der Waals surface area (Å²) in [6, 6.07) is 17.0. The Labute approximate surface area is 230 Å². The van der Waals surface area contributed by atoms with Gasteiger partial charge in [-0.15, -0.1) is 0 Å². The molecule has 36 heavy (non-hydrogen) atoms. The van der Waals surface area contributed by atoms with Gasteiger partial charge < -0.3 is 9.84 Å². The molecule has 0 spiro atoms. The van der Waals surface area contributed by atoms with Gasteiger partial charge >= 0.3 is 5.97 Å². The lowest BCUT2D eigenvalue weighted by Gasteiger charge is -2.12. The summed E-state index contributed by atoms with van der Waals surface area (Å²) in [4.78, 5) is 31.0. The van der Waals surface area contributed by atoms with Crippen molar-refractivity contribution in [2.75, 3.05) is 6.54 Å². The average molecular weight is 606 g/mol. The van der Waals surface area contributed by atoms with Gasteiger partial charge in [-0.25, -0.2) is 9.79 Å². The van der Waals surface area contributed by atoms with Crippen molar-refractivity contribution in [3.8, 4) is 5.75 Å². The number of nitrogens with zero attached hydrogens (tertiary/aromatic N) is 2. The summed E-state index contributed by atoms with van der Waals surface area (Å²) >= 11 is 17.0. The van der Waals surface area contributed by atoms with Crippen LogP contribution in [0, 0.1) is 0 Å². The van der Waals surface area contributed by atoms with Crippen molar-refractivity contribution in [3.63, 3.8) is 0 Å². The predicted molar refractivity (Wildman–Crippen MR) is 148 cm³/mol. The first kappa shape index (κ1) is 26.3. The summed E-state index contributed by atoms with van der Waals surface area (Å²) in [5.74, 6) is -0.655. The van der Waals surface area contributed by atoms with Gasteiger partial charge in [-0.1, -0.05) is 51.3 Å². The van der Waals surface area contributed by atoms with Crippen LogP contribution >= 0.6 is 50.9 Å². The highest BCUT2D eigenvalue weighted by molar-refractivity contribution is 9.10. The normalized spacial score (nSPS) is 15.7. The van der Waals surface area contributed by atoms with Crippen LogP contribution in [0.3, 0.4) is 0 Å². The second-order valence-corrected chi connectivity index (χ2v) is 10.4. The molecule has 1 N–H and O–H groups in total. The fourth-order valence-electron chi connectivity index (χ4n) is 3.39. The van der Waals surface area contributed by atoms with Gasteiger partial charge in [0.2, 0.25) is 0 Å². The number of likely N-dealkylation sites (N-methyl/N-ethyl adjacent to an activating group) is 1. The van der Waals surface area contributed by atoms with E-state index in [0.29, 0.717) is 43.7 Å². The zero-order valence-corrected chi connectivity index (χ0v) is 22.8. The largest absolute Gasteiger partial charge is 0.488 e. The molecule has 0 bridgehead atoms. The molecule has 0 atom stereocenters. The smallest absolute Gasteiger partial charge is 0.335 e. The SMILES string of the molecule is CCN1C(=O)/C(=C\c2cc(Br)ccc2OCc2ccc(Cl)cc2Cl)SC1=Nc1cccc(C(=O)O)c1. The van der Waals surface area contributed by atoms with Crippen LogP contribution in [-0.2, 0) is 11.4 Å². The van der Waals surface area contributed by atoms with Gasteiger partial charge in [0.25, 0.3) is 5.91 Å². The highest BCUT2D eigenvalue weighted by Crippen LogP contribution is 2.36. The number of aliphatic imine (C=N–C) groups is 1. The lowest BCUT2D eigenvalue weighted by atomic mass is 10.1. The van der Waals surface area contributed by atoms with E-state index < -0.39 is 5.97 Å². The van der Waals surface area contributed by atoms with Gasteiger partial charge in [0.05, 0.1) is 16.2 Å². The number of amides is 1. The molecule has 1 fully saturated rings. The zero-order valence-electron chi connectivity index (χ0n) is 18.9. The molecule has 4 rings (SSSR count). The van der Waals surface area contributed by atoms with E-state index in [1.54, 1.807) is 41.3 Å². The molecule has 1 heterocycles. The predicted octanol–water partition coefficient (Wildman–Crippen LogP) is 7.66. The molecule has 6 nitrogen and oxygen atoms in total. The topological polar surface area (TPSA) is 79.2 Å². The van der Waals surface area contributed by atoms with Gasteiger partial charge in [-0.05, 0) is 73.3 Å². The number of carboxylic acids is 1. The van der Waals surface area contributed by atoms with Crippen LogP contribution in [0.25, 0.3) is 6.08 Å². The van der Waals surface area contributed by atoms with Crippen LogP contribution in [0.1, 0.15) is 28.4 Å². The highest BCUT2D eigenvalue weighted by atomic mass is 79.9. The van der Waals surface area contributed by atoms with Crippen molar-refractivity contribution in [2.45, 2.75) is 13.5 Å². The molecule has 0 aliphatic carbocycles. The number of ether oxygens (including phenoxy) is 1. The number of carboxylic acid groups (broad SMARTS) is 1. The van der Waals surface area contributed by atoms with Crippen LogP contribution in [0.2, 0.25) is 10.0 Å². The third-order valence-electron chi connectivity index (χ3n) is 5.18. The van der Waals surface area contributed by atoms with E-state index in [9.17, 15) is 14.7 Å². The molecule has 3 aromatic carbocycles. The van der Waals surface area contributed by atoms with Crippen molar-refractivity contribution in [1.29, 1.82) is 0 Å². The highest BCUT2D eigenvalue weighted by Gasteiger charge is 2.32. The lowest BCUT2D eigenvalue weighted by Crippen LogP contribution is -2.28. The summed E-state index contributed by atoms with van der Waals surface area (Å²) in [5.41, 5.74) is 2.07. The first-order chi connectivity index (χ1) is 17.2. The molecule has 1 aliphatic rings. The summed E-state index contributed by atoms with van der Waals surface area (Å²) in [5, 5.41) is 10.8. The fourth-order valence-corrected chi connectivity index (χ4v) is 5.28. The quantitative estimate of drug-likeness (QED) is 0.280. The number of thioether (sulfide) groups is 1. The molecule has 3 aromatic rings. The number of halogens is 3. The van der Waals surface area contributed by atoms with E-state index in [1.807, 2.05) is 25.1 Å². The standard InChI is InChI=1S/C26H19BrCl2N2O4S/c1-2-31-24(32)23(36-26(31)30-20-5-3-4-15(11-20)25(33)34)12-17-10-18(27)7-9-22(17)35-14-16-6-8-19(28)13-21(16)29/h3-13H,2,14H2,1H3,(H,33,34)/b23-12+,30-26?. The minimum absolute atomic E-state index is 0.127. The number of hydrogen-bond donors (Lipinski definition) is 1. The number of hydrogen-bond acceptors (Lipinski definition) is 5. The van der Waals surface area contributed by atoms with Gasteiger partial charge in [0.15, 0.2) is 5.17 Å². The number of rotatable bonds is 7. The molecule has 0 saturated carbocycles. The van der Waals surface area contributed by atoms with E-state index in [-0.39, 0.29) is 18.1 Å². The van der Waals surface area contributed by atoms with E-state index >= 15 is 0 Å². The summed E-state index contributed by atoms with van der Waals surface area (Å²) in [7, 11) is 0. The molecule has 1 aliphatic heterocycles. The first-order valence-corrected chi connectivity index (χ1v) is 13.1. The third-order valence-corrected chi connectivity index (χ3v) is 7.27. The minimum Gasteiger partial charge on any atom is -0.488 e. The van der Waals surface area contributed by atoms with Crippen LogP contribution in [0.15, 0.2) is 75.0 Å². The Morgan fingerprint density at radius 1 is 1.17 bits per heavy atom. The van der Waals surface area contributed by atoms with Crippen molar-refractivity contribution in [1.82, 2.24) is 4.90 Å². The van der Waals surface area contributed by atoms with Crippen molar-refractivity contribution in [2.24, 2.45) is 4.99 Å². The fraction of sp³-hybridized carbons (Fsp3) is 0.115. The molecule has 0 aromatic heterocycles. The monoisotopic (exact) mass is 604 g/mol. The van der Waals surface area contributed by atoms with Gasteiger partial charge in [-0.2, -0.15) is 0 Å². The van der Waals surface area contributed by atoms with E-state index in [2.05, 4.69) is 20.9 Å². The van der Waals surface area contributed by atoms with Crippen LogP contribution in [0.5, 0.6) is 5.75 Å². The van der Waals surface area contributed by atoms with Crippen LogP contribution < -0.4 is 4.74 Å². The second-order valence-electron chi connectivity index (χ2n) is 7.62. The van der Waals surface area contributed by atoms with Crippen molar-refractivity contribution < 1.29 is 19.4 Å². The van der Waals surface area contributed by atoms with Gasteiger partial charge in [0.1, 0.15) is 12.4 Å². The molecule has 0 radical (unpaired) electrons. The maximum atomic E-state index is 13.1. The van der Waals surface area contributed by atoms with E-state index in [4.69, 9.17) is 27.9 Å². The molecular formula is C26H19BrCl2N2O4S. The third kappa shape index (κ3) is 6.13. The Bertz CT molecular complexity index is 1410. The average Bonchev–Trinajstić information content (AvgIpc) is 3.13. The van der Waals surface area contributed by atoms with Crippen molar-refractivity contribution in [3.05, 3.63) is 96.8 Å². The molecular weight excluding hydrogens is 587 g/mol. The van der Waals surface area contributed by atoms with E-state index in [0.717, 1.165) is 10.0 Å². The summed E-state index contributed by atoms with van der Waals surface area (Å²) < 4.78 is 6.87. The minimum atomic E-state index is -1.04. The van der Waals surface area contributed by atoms with Gasteiger partial charge in [0, 0.05) is 32.2 Å². The summed E-state index contributed by atoms with van der Waals surface area (Å²) in [6.45, 7) is 2.49. The summed E-state index contributed by atoms with van der Waals surface area (Å²) in [6.07, 6.45) is 1.76. The number of carbonyl (C=O) groups excluding carboxylic acids is 1. The Balaban J connectivity index is 1.63. The van der Waals surface area contributed by atoms with Crippen LogP contribution in [0.4, 0.5) is 5.69 Å². The Morgan fingerprint density at radius 2 is 1.97 bits per heavy atom. The first-order valence-electron chi connectivity index (χ1n) is 10.7. The molecule has 184 valence electrons. The Kier molecular flexibility index (Phi) is 8.41. The van der Waals surface area contributed by atoms with E-state index in [1.165, 1.54) is 23.9 Å². The zero-order chi connectivity index (χ0) is 25.8. The number of carbonyl (C=O) groups is 2. The second kappa shape index (κ2) is 11.5. The molecule has 1 amide bonds.